The standard InChI is InChI=1S/C17H21FO2/c18-13-5-6-16-14(8-13)15(19)10-17(20-16)7-1-2-12(9-17)11-3-4-11/h5-6,8,11-12,15,19H,1-4,7,9-10H2/t12?,15-,17?/m1/s1. The van der Waals surface area contributed by atoms with Crippen LogP contribution in [0.1, 0.15) is 56.6 Å². The van der Waals surface area contributed by atoms with E-state index in [0.29, 0.717) is 17.7 Å². The Balaban J connectivity index is 1.62. The number of aliphatic hydroxyl groups excluding tert-OH is 1. The number of benzene rings is 1. The SMILES string of the molecule is O[C@@H]1CC2(CCCC(C3CC3)C2)Oc2ccc(F)cc21. The fourth-order valence-electron chi connectivity index (χ4n) is 4.23. The predicted octanol–water partition coefficient (Wildman–Crippen LogP) is 3.98. The van der Waals surface area contributed by atoms with Crippen LogP contribution in [-0.4, -0.2) is 10.7 Å². The lowest BCUT2D eigenvalue weighted by Gasteiger charge is -2.45. The van der Waals surface area contributed by atoms with Gasteiger partial charge in [0.25, 0.3) is 0 Å². The minimum absolute atomic E-state index is 0.213. The Morgan fingerprint density at radius 3 is 2.80 bits per heavy atom. The molecule has 2 fully saturated rings. The van der Waals surface area contributed by atoms with E-state index in [4.69, 9.17) is 4.74 Å². The highest BCUT2D eigenvalue weighted by Gasteiger charge is 2.47. The molecule has 20 heavy (non-hydrogen) atoms. The van der Waals surface area contributed by atoms with Crippen LogP contribution in [0.5, 0.6) is 5.75 Å². The molecule has 1 N–H and O–H groups in total. The maximum absolute atomic E-state index is 13.3. The van der Waals surface area contributed by atoms with Crippen molar-refractivity contribution in [3.8, 4) is 5.75 Å². The molecular weight excluding hydrogens is 255 g/mol. The summed E-state index contributed by atoms with van der Waals surface area (Å²) < 4.78 is 19.6. The molecule has 1 aromatic rings. The van der Waals surface area contributed by atoms with Gasteiger partial charge in [-0.2, -0.15) is 0 Å². The Labute approximate surface area is 119 Å². The van der Waals surface area contributed by atoms with Crippen LogP contribution < -0.4 is 4.74 Å². The molecule has 0 radical (unpaired) electrons. The molecule has 0 aromatic heterocycles. The molecule has 1 aromatic carbocycles. The van der Waals surface area contributed by atoms with Crippen molar-refractivity contribution >= 4 is 0 Å². The molecular formula is C17H21FO2. The zero-order chi connectivity index (χ0) is 13.7. The Bertz CT molecular complexity index is 526. The van der Waals surface area contributed by atoms with E-state index >= 15 is 0 Å². The first-order chi connectivity index (χ1) is 9.65. The molecule has 2 saturated carbocycles. The van der Waals surface area contributed by atoms with Gasteiger partial charge in [0, 0.05) is 12.0 Å². The van der Waals surface area contributed by atoms with E-state index in [0.717, 1.165) is 24.7 Å². The minimum Gasteiger partial charge on any atom is -0.487 e. The van der Waals surface area contributed by atoms with E-state index in [9.17, 15) is 9.50 Å². The van der Waals surface area contributed by atoms with Gasteiger partial charge in [-0.25, -0.2) is 4.39 Å². The van der Waals surface area contributed by atoms with E-state index in [1.54, 1.807) is 6.07 Å². The summed E-state index contributed by atoms with van der Waals surface area (Å²) in [6.45, 7) is 0. The van der Waals surface area contributed by atoms with Gasteiger partial charge in [-0.05, 0) is 68.6 Å². The first-order valence-corrected chi connectivity index (χ1v) is 7.82. The second-order valence-electron chi connectivity index (χ2n) is 6.88. The van der Waals surface area contributed by atoms with E-state index in [1.807, 2.05) is 0 Å². The van der Waals surface area contributed by atoms with Crippen LogP contribution in [0.3, 0.4) is 0 Å². The Kier molecular flexibility index (Phi) is 2.81. The van der Waals surface area contributed by atoms with E-state index in [-0.39, 0.29) is 11.4 Å². The van der Waals surface area contributed by atoms with Crippen molar-refractivity contribution < 1.29 is 14.2 Å². The normalized spacial score (nSPS) is 36.5. The van der Waals surface area contributed by atoms with Gasteiger partial charge >= 0.3 is 0 Å². The maximum atomic E-state index is 13.3. The largest absolute Gasteiger partial charge is 0.487 e. The smallest absolute Gasteiger partial charge is 0.126 e. The summed E-state index contributed by atoms with van der Waals surface area (Å²) in [7, 11) is 0. The molecule has 1 spiro atoms. The average Bonchev–Trinajstić information content (AvgIpc) is 3.24. The average molecular weight is 276 g/mol. The summed E-state index contributed by atoms with van der Waals surface area (Å²) in [6, 6.07) is 4.51. The van der Waals surface area contributed by atoms with Gasteiger partial charge in [0.1, 0.15) is 17.2 Å². The zero-order valence-corrected chi connectivity index (χ0v) is 11.6. The number of ether oxygens (including phenoxy) is 1. The number of hydrogen-bond acceptors (Lipinski definition) is 2. The van der Waals surface area contributed by atoms with Gasteiger partial charge in [-0.15, -0.1) is 0 Å². The van der Waals surface area contributed by atoms with Gasteiger partial charge in [0.05, 0.1) is 6.10 Å². The van der Waals surface area contributed by atoms with Crippen LogP contribution in [0.2, 0.25) is 0 Å². The van der Waals surface area contributed by atoms with Gasteiger partial charge in [0.2, 0.25) is 0 Å². The second-order valence-corrected chi connectivity index (χ2v) is 6.88. The molecule has 4 rings (SSSR count). The first-order valence-electron chi connectivity index (χ1n) is 7.82. The highest BCUT2D eigenvalue weighted by Crippen LogP contribution is 2.52. The van der Waals surface area contributed by atoms with Crippen LogP contribution in [-0.2, 0) is 0 Å². The van der Waals surface area contributed by atoms with Crippen LogP contribution >= 0.6 is 0 Å². The van der Waals surface area contributed by atoms with Crippen molar-refractivity contribution in [2.45, 2.75) is 56.7 Å². The lowest BCUT2D eigenvalue weighted by Crippen LogP contribution is -2.45. The van der Waals surface area contributed by atoms with Gasteiger partial charge in [-0.1, -0.05) is 0 Å². The lowest BCUT2D eigenvalue weighted by molar-refractivity contribution is -0.0545. The summed E-state index contributed by atoms with van der Waals surface area (Å²) in [6.07, 6.45) is 7.33. The third kappa shape index (κ3) is 2.12. The molecule has 3 aliphatic rings. The quantitative estimate of drug-likeness (QED) is 0.840. The molecule has 3 atom stereocenters. The molecule has 2 unspecified atom stereocenters. The third-order valence-corrected chi connectivity index (χ3v) is 5.35. The number of rotatable bonds is 1. The summed E-state index contributed by atoms with van der Waals surface area (Å²) in [5.74, 6) is 2.03. The second kappa shape index (κ2) is 4.45. The zero-order valence-electron chi connectivity index (χ0n) is 11.6. The predicted molar refractivity (Wildman–Crippen MR) is 74.0 cm³/mol. The van der Waals surface area contributed by atoms with Crippen molar-refractivity contribution in [1.29, 1.82) is 0 Å². The van der Waals surface area contributed by atoms with Crippen molar-refractivity contribution in [2.24, 2.45) is 11.8 Å². The summed E-state index contributed by atoms with van der Waals surface area (Å²) >= 11 is 0. The summed E-state index contributed by atoms with van der Waals surface area (Å²) in [4.78, 5) is 0. The molecule has 3 heteroatoms. The molecule has 1 heterocycles. The summed E-state index contributed by atoms with van der Waals surface area (Å²) in [5, 5.41) is 10.4. The van der Waals surface area contributed by atoms with Crippen LogP contribution in [0.25, 0.3) is 0 Å². The van der Waals surface area contributed by atoms with Crippen molar-refractivity contribution in [3.05, 3.63) is 29.6 Å². The fourth-order valence-corrected chi connectivity index (χ4v) is 4.23. The van der Waals surface area contributed by atoms with Crippen molar-refractivity contribution in [1.82, 2.24) is 0 Å². The molecule has 0 bridgehead atoms. The van der Waals surface area contributed by atoms with E-state index in [1.165, 1.54) is 37.8 Å². The summed E-state index contributed by atoms with van der Waals surface area (Å²) in [5.41, 5.74) is 0.402. The Morgan fingerprint density at radius 2 is 2.00 bits per heavy atom. The van der Waals surface area contributed by atoms with E-state index < -0.39 is 6.10 Å². The number of halogens is 1. The minimum atomic E-state index is -0.590. The number of aliphatic hydroxyl groups is 1. The highest BCUT2D eigenvalue weighted by atomic mass is 19.1. The first kappa shape index (κ1) is 12.6. The molecule has 108 valence electrons. The van der Waals surface area contributed by atoms with Crippen LogP contribution in [0, 0.1) is 17.7 Å². The van der Waals surface area contributed by atoms with Gasteiger partial charge in [0.15, 0.2) is 0 Å². The van der Waals surface area contributed by atoms with Gasteiger partial charge in [-0.3, -0.25) is 0 Å². The topological polar surface area (TPSA) is 29.5 Å². The van der Waals surface area contributed by atoms with E-state index in [2.05, 4.69) is 0 Å². The van der Waals surface area contributed by atoms with Gasteiger partial charge < -0.3 is 9.84 Å². The lowest BCUT2D eigenvalue weighted by atomic mass is 9.72. The molecule has 0 saturated heterocycles. The Morgan fingerprint density at radius 1 is 1.15 bits per heavy atom. The van der Waals surface area contributed by atoms with Crippen LogP contribution in [0.15, 0.2) is 18.2 Å². The maximum Gasteiger partial charge on any atom is 0.126 e. The Hall–Kier alpha value is -1.09. The van der Waals surface area contributed by atoms with Crippen molar-refractivity contribution in [2.75, 3.05) is 0 Å². The molecule has 2 nitrogen and oxygen atoms in total. The molecule has 2 aliphatic carbocycles. The highest BCUT2D eigenvalue weighted by molar-refractivity contribution is 5.38. The van der Waals surface area contributed by atoms with Crippen molar-refractivity contribution in [3.63, 3.8) is 0 Å². The van der Waals surface area contributed by atoms with Crippen LogP contribution in [0.4, 0.5) is 4.39 Å². The number of fused-ring (bicyclic) bond motifs is 1. The number of hydrogen-bond donors (Lipinski definition) is 1. The molecule has 0 amide bonds. The monoisotopic (exact) mass is 276 g/mol. The molecule has 1 aliphatic heterocycles. The third-order valence-electron chi connectivity index (χ3n) is 5.35. The fraction of sp³-hybridized carbons (Fsp3) is 0.647.